The van der Waals surface area contributed by atoms with Gasteiger partial charge >= 0.3 is 5.97 Å². The smallest absolute Gasteiger partial charge is 0.338 e. The number of anilines is 3. The summed E-state index contributed by atoms with van der Waals surface area (Å²) >= 11 is 9.35. The number of carboxylic acid groups (broad SMARTS) is 1. The number of nitrogens with two attached hydrogens (primary N) is 1. The van der Waals surface area contributed by atoms with Crippen molar-refractivity contribution in [2.45, 2.75) is 0 Å². The molecule has 1 aromatic heterocycles. The molecule has 0 amide bonds. The van der Waals surface area contributed by atoms with Gasteiger partial charge in [-0.05, 0) is 24.3 Å². The van der Waals surface area contributed by atoms with E-state index in [9.17, 15) is 4.79 Å². The summed E-state index contributed by atoms with van der Waals surface area (Å²) < 4.78 is 0.819. The molecule has 98 valence electrons. The van der Waals surface area contributed by atoms with Gasteiger partial charge in [0.1, 0.15) is 5.82 Å². The zero-order valence-electron chi connectivity index (χ0n) is 9.52. The second-order valence-electron chi connectivity index (χ2n) is 3.71. The first-order valence-electron chi connectivity index (χ1n) is 5.18. The summed E-state index contributed by atoms with van der Waals surface area (Å²) in [6, 6.07) is 6.51. The van der Waals surface area contributed by atoms with Crippen LogP contribution in [0.2, 0.25) is 5.02 Å². The zero-order chi connectivity index (χ0) is 14.0. The molecule has 2 rings (SSSR count). The van der Waals surface area contributed by atoms with Gasteiger partial charge in [0.25, 0.3) is 0 Å². The van der Waals surface area contributed by atoms with Crippen LogP contribution in [0.1, 0.15) is 10.4 Å². The first-order valence-corrected chi connectivity index (χ1v) is 6.35. The standard InChI is InChI=1S/C12H9BrClN3O2/c13-6-1-2-8(14)9(3-6)17-10-5-16-11(15)4-7(10)12(18)19/h1-5,17H,(H2,15,16)(H,18,19). The maximum Gasteiger partial charge on any atom is 0.338 e. The van der Waals surface area contributed by atoms with Gasteiger partial charge in [0.05, 0.1) is 28.2 Å². The minimum Gasteiger partial charge on any atom is -0.478 e. The summed E-state index contributed by atoms with van der Waals surface area (Å²) in [5.74, 6) is -0.953. The van der Waals surface area contributed by atoms with E-state index in [0.717, 1.165) is 4.47 Å². The van der Waals surface area contributed by atoms with Crippen molar-refractivity contribution in [3.05, 3.63) is 45.5 Å². The molecule has 0 aliphatic carbocycles. The zero-order valence-corrected chi connectivity index (χ0v) is 11.9. The van der Waals surface area contributed by atoms with Crippen molar-refractivity contribution in [2.24, 2.45) is 0 Å². The predicted octanol–water partition coefficient (Wildman–Crippen LogP) is 3.52. The fraction of sp³-hybridized carbons (Fsp3) is 0. The minimum absolute atomic E-state index is 0.0311. The molecule has 1 aromatic carbocycles. The number of rotatable bonds is 3. The number of nitrogens with zero attached hydrogens (tertiary/aromatic N) is 1. The van der Waals surface area contributed by atoms with Crippen molar-refractivity contribution in [2.75, 3.05) is 11.1 Å². The highest BCUT2D eigenvalue weighted by Gasteiger charge is 2.12. The van der Waals surface area contributed by atoms with Crippen molar-refractivity contribution in [1.82, 2.24) is 4.98 Å². The Morgan fingerprint density at radius 1 is 1.37 bits per heavy atom. The second kappa shape index (κ2) is 5.46. The molecule has 2 aromatic rings. The molecule has 19 heavy (non-hydrogen) atoms. The molecule has 0 saturated carbocycles. The number of hydrogen-bond donors (Lipinski definition) is 3. The van der Waals surface area contributed by atoms with Crippen molar-refractivity contribution in [1.29, 1.82) is 0 Å². The van der Waals surface area contributed by atoms with E-state index in [4.69, 9.17) is 22.4 Å². The van der Waals surface area contributed by atoms with Crippen LogP contribution in [0.5, 0.6) is 0 Å². The lowest BCUT2D eigenvalue weighted by Gasteiger charge is -2.11. The molecule has 7 heteroatoms. The molecule has 0 saturated heterocycles. The Hall–Kier alpha value is -1.79. The van der Waals surface area contributed by atoms with Gasteiger partial charge in [-0.2, -0.15) is 0 Å². The SMILES string of the molecule is Nc1cc(C(=O)O)c(Nc2cc(Br)ccc2Cl)cn1. The van der Waals surface area contributed by atoms with E-state index in [-0.39, 0.29) is 11.4 Å². The first-order chi connectivity index (χ1) is 8.97. The Balaban J connectivity index is 2.43. The van der Waals surface area contributed by atoms with Crippen LogP contribution in [0.4, 0.5) is 17.2 Å². The fourth-order valence-electron chi connectivity index (χ4n) is 1.49. The third kappa shape index (κ3) is 3.15. The molecule has 0 atom stereocenters. The van der Waals surface area contributed by atoms with Gasteiger partial charge in [-0.3, -0.25) is 0 Å². The lowest BCUT2D eigenvalue weighted by molar-refractivity contribution is 0.0698. The van der Waals surface area contributed by atoms with Crippen LogP contribution >= 0.6 is 27.5 Å². The first kappa shape index (κ1) is 13.6. The largest absolute Gasteiger partial charge is 0.478 e. The molecular formula is C12H9BrClN3O2. The number of aromatic carboxylic acids is 1. The lowest BCUT2D eigenvalue weighted by atomic mass is 10.2. The number of pyridine rings is 1. The van der Waals surface area contributed by atoms with Crippen molar-refractivity contribution in [3.8, 4) is 0 Å². The maximum absolute atomic E-state index is 11.2. The highest BCUT2D eigenvalue weighted by atomic mass is 79.9. The third-order valence-electron chi connectivity index (χ3n) is 2.35. The normalized spacial score (nSPS) is 10.2. The number of nitrogens with one attached hydrogen (secondary N) is 1. The number of nitrogen functional groups attached to an aromatic ring is 1. The fourth-order valence-corrected chi connectivity index (χ4v) is 2.01. The second-order valence-corrected chi connectivity index (χ2v) is 5.03. The van der Waals surface area contributed by atoms with E-state index in [1.54, 1.807) is 18.2 Å². The molecular weight excluding hydrogens is 334 g/mol. The van der Waals surface area contributed by atoms with Crippen LogP contribution in [0.25, 0.3) is 0 Å². The topological polar surface area (TPSA) is 88.2 Å². The molecule has 0 bridgehead atoms. The number of carbonyl (C=O) groups is 1. The summed E-state index contributed by atoms with van der Waals surface area (Å²) in [4.78, 5) is 15.0. The van der Waals surface area contributed by atoms with Crippen molar-refractivity contribution >= 4 is 50.7 Å². The van der Waals surface area contributed by atoms with Crippen molar-refractivity contribution < 1.29 is 9.90 Å². The Kier molecular flexibility index (Phi) is 3.92. The molecule has 0 aliphatic rings. The number of halogens is 2. The summed E-state index contributed by atoms with van der Waals surface area (Å²) in [6.45, 7) is 0. The van der Waals surface area contributed by atoms with Crippen LogP contribution in [-0.2, 0) is 0 Å². The quantitative estimate of drug-likeness (QED) is 0.794. The Labute approximate surface area is 122 Å². The Morgan fingerprint density at radius 3 is 2.79 bits per heavy atom. The molecule has 0 aliphatic heterocycles. The summed E-state index contributed by atoms with van der Waals surface area (Å²) in [6.07, 6.45) is 1.36. The van der Waals surface area contributed by atoms with Crippen LogP contribution < -0.4 is 11.1 Å². The predicted molar refractivity (Wildman–Crippen MR) is 78.0 cm³/mol. The summed E-state index contributed by atoms with van der Waals surface area (Å²) in [5, 5.41) is 12.5. The number of hydrogen-bond acceptors (Lipinski definition) is 4. The molecule has 1 heterocycles. The molecule has 0 unspecified atom stereocenters. The molecule has 5 nitrogen and oxygen atoms in total. The van der Waals surface area contributed by atoms with E-state index < -0.39 is 5.97 Å². The third-order valence-corrected chi connectivity index (χ3v) is 3.18. The van der Waals surface area contributed by atoms with Gasteiger partial charge in [-0.25, -0.2) is 9.78 Å². The lowest BCUT2D eigenvalue weighted by Crippen LogP contribution is -2.05. The Morgan fingerprint density at radius 2 is 2.11 bits per heavy atom. The van der Waals surface area contributed by atoms with E-state index in [2.05, 4.69) is 26.2 Å². The maximum atomic E-state index is 11.2. The number of benzene rings is 1. The van der Waals surface area contributed by atoms with Crippen LogP contribution in [0.3, 0.4) is 0 Å². The molecule has 0 radical (unpaired) electrons. The minimum atomic E-state index is -1.09. The van der Waals surface area contributed by atoms with Crippen LogP contribution in [0, 0.1) is 0 Å². The molecule has 0 spiro atoms. The Bertz CT molecular complexity index is 649. The average molecular weight is 343 g/mol. The van der Waals surface area contributed by atoms with Crippen molar-refractivity contribution in [3.63, 3.8) is 0 Å². The van der Waals surface area contributed by atoms with Gasteiger partial charge in [-0.1, -0.05) is 27.5 Å². The average Bonchev–Trinajstić information content (AvgIpc) is 2.35. The number of carboxylic acids is 1. The molecule has 0 fully saturated rings. The van der Waals surface area contributed by atoms with E-state index in [0.29, 0.717) is 16.4 Å². The number of aromatic nitrogens is 1. The summed E-state index contributed by atoms with van der Waals surface area (Å²) in [7, 11) is 0. The van der Waals surface area contributed by atoms with Gasteiger partial charge in [0.15, 0.2) is 0 Å². The van der Waals surface area contributed by atoms with Gasteiger partial charge in [-0.15, -0.1) is 0 Å². The van der Waals surface area contributed by atoms with E-state index in [1.165, 1.54) is 12.3 Å². The highest BCUT2D eigenvalue weighted by molar-refractivity contribution is 9.10. The van der Waals surface area contributed by atoms with Crippen LogP contribution in [-0.4, -0.2) is 16.1 Å². The van der Waals surface area contributed by atoms with E-state index in [1.807, 2.05) is 0 Å². The van der Waals surface area contributed by atoms with Crippen LogP contribution in [0.15, 0.2) is 34.9 Å². The van der Waals surface area contributed by atoms with E-state index >= 15 is 0 Å². The monoisotopic (exact) mass is 341 g/mol. The summed E-state index contributed by atoms with van der Waals surface area (Å²) in [5.41, 5.74) is 6.40. The molecule has 4 N–H and O–H groups in total. The highest BCUT2D eigenvalue weighted by Crippen LogP contribution is 2.30. The van der Waals surface area contributed by atoms with Gasteiger partial charge in [0, 0.05) is 4.47 Å². The van der Waals surface area contributed by atoms with Gasteiger partial charge in [0.2, 0.25) is 0 Å². The van der Waals surface area contributed by atoms with Gasteiger partial charge < -0.3 is 16.2 Å².